The molecule has 3 saturated carbocycles. The lowest BCUT2D eigenvalue weighted by atomic mass is 10.2. The molecule has 3 fully saturated rings. The Labute approximate surface area is 383 Å². The predicted octanol–water partition coefficient (Wildman–Crippen LogP) is 8.96. The molecule has 6 atom stereocenters. The maximum Gasteiger partial charge on any atom is 0.148 e. The van der Waals surface area contributed by atoms with E-state index in [2.05, 4.69) is 68.1 Å². The fraction of sp³-hybridized carbons (Fsp3) is 0.486. The molecule has 0 spiro atoms. The molecule has 3 aliphatic rings. The van der Waals surface area contributed by atoms with Crippen LogP contribution in [-0.2, 0) is 0 Å². The van der Waals surface area contributed by atoms with E-state index in [1.165, 1.54) is 0 Å². The number of aliphatic hydroxyl groups is 3. The van der Waals surface area contributed by atoms with Gasteiger partial charge in [0, 0.05) is 6.04 Å². The number of aryl methyl sites for hydroxylation is 3. The van der Waals surface area contributed by atoms with Gasteiger partial charge < -0.3 is 31.7 Å². The van der Waals surface area contributed by atoms with Crippen molar-refractivity contribution in [3.63, 3.8) is 0 Å². The number of nitrogens with zero attached hydrogens (tertiary/aromatic N) is 7. The highest BCUT2D eigenvalue weighted by molar-refractivity contribution is 14.1. The number of benzene rings is 1. The quantitative estimate of drug-likeness (QED) is 0.0721. The van der Waals surface area contributed by atoms with Crippen LogP contribution in [0.15, 0.2) is 24.3 Å². The summed E-state index contributed by atoms with van der Waals surface area (Å²) in [5.41, 5.74) is 7.07. The summed E-state index contributed by atoms with van der Waals surface area (Å²) >= 11 is 29.4. The van der Waals surface area contributed by atoms with Crippen LogP contribution in [-0.4, -0.2) is 86.6 Å². The first-order valence-corrected chi connectivity index (χ1v) is 22.9. The number of halogens is 6. The van der Waals surface area contributed by atoms with Crippen LogP contribution in [0.2, 0.25) is 20.6 Å². The Kier molecular flexibility index (Phi) is 17.8. The van der Waals surface area contributed by atoms with Gasteiger partial charge in [0.15, 0.2) is 0 Å². The number of aliphatic hydroxyl groups excluding tert-OH is 3. The summed E-state index contributed by atoms with van der Waals surface area (Å²) in [6.07, 6.45) is 7.76. The van der Waals surface area contributed by atoms with E-state index in [-0.39, 0.29) is 36.4 Å². The molecule has 1 aromatic carbocycles. The third kappa shape index (κ3) is 13.0. The summed E-state index contributed by atoms with van der Waals surface area (Å²) in [4.78, 5) is 29.7. The van der Waals surface area contributed by atoms with Crippen LogP contribution in [0.3, 0.4) is 0 Å². The third-order valence-electron chi connectivity index (χ3n) is 9.42. The number of fused-ring (bicyclic) bond motifs is 1. The second-order valence-electron chi connectivity index (χ2n) is 13.8. The number of nitrogens with two attached hydrogens (primary N) is 1. The molecule has 0 saturated heterocycles. The Bertz CT molecular complexity index is 2080. The van der Waals surface area contributed by atoms with Crippen molar-refractivity contribution in [3.8, 4) is 10.6 Å². The molecule has 5 aromatic rings. The molecular formula is C37H44Cl4I2N10O3S. The standard InChI is InChI=1S/C17H17ClN4OS.C10H13ClIN3O.C5H3Cl2IN2.C5H11NO/c1-9-19-15(18)14(16(20-9)21-10-6-4-7-12(10)23)17-22-11-5-2-3-8-13(11)24-17;1-5-13-9(11)8(12)10(14-5)15-6-3-2-4-7(6)16;1-2-9-4(6)3(8)5(7)10-2;6-4-2-1-3-5(4)7/h2-3,5,8,10,12,23H,4,6-7H2,1H3,(H,19,20,21);6-7,16H,2-4H2,1H3,(H,13,14,15);1H3;4-5,7H,1-3,6H2/t10-,12-;6-,7-;;4-,5-/m11.1/s1. The lowest BCUT2D eigenvalue weighted by Gasteiger charge is -2.19. The van der Waals surface area contributed by atoms with E-state index < -0.39 is 0 Å². The van der Waals surface area contributed by atoms with Crippen LogP contribution >= 0.6 is 103 Å². The number of hydrogen-bond donors (Lipinski definition) is 6. The van der Waals surface area contributed by atoms with Gasteiger partial charge in [0.05, 0.1) is 53.3 Å². The fourth-order valence-electron chi connectivity index (χ4n) is 6.46. The topological polar surface area (TPSA) is 201 Å². The molecule has 308 valence electrons. The van der Waals surface area contributed by atoms with Gasteiger partial charge >= 0.3 is 0 Å². The monoisotopic (exact) mass is 1100 g/mol. The van der Waals surface area contributed by atoms with Crippen molar-refractivity contribution in [2.24, 2.45) is 5.73 Å². The van der Waals surface area contributed by atoms with E-state index in [9.17, 15) is 10.2 Å². The Balaban J connectivity index is 0.000000161. The smallest absolute Gasteiger partial charge is 0.148 e. The van der Waals surface area contributed by atoms with Crippen molar-refractivity contribution in [2.75, 3.05) is 10.6 Å². The first-order valence-electron chi connectivity index (χ1n) is 18.4. The van der Waals surface area contributed by atoms with Gasteiger partial charge in [-0.2, -0.15) is 0 Å². The molecule has 20 heteroatoms. The Morgan fingerprint density at radius 3 is 1.58 bits per heavy atom. The first-order chi connectivity index (χ1) is 27.1. The summed E-state index contributed by atoms with van der Waals surface area (Å²) < 4.78 is 2.60. The van der Waals surface area contributed by atoms with Crippen LogP contribution in [0.4, 0.5) is 11.6 Å². The number of rotatable bonds is 5. The highest BCUT2D eigenvalue weighted by Crippen LogP contribution is 2.39. The van der Waals surface area contributed by atoms with E-state index in [0.717, 1.165) is 82.4 Å². The van der Waals surface area contributed by atoms with Gasteiger partial charge in [-0.1, -0.05) is 58.5 Å². The Morgan fingerprint density at radius 1 is 0.614 bits per heavy atom. The molecule has 0 aliphatic heterocycles. The summed E-state index contributed by atoms with van der Waals surface area (Å²) in [7, 11) is 0. The zero-order chi connectivity index (χ0) is 41.4. The highest BCUT2D eigenvalue weighted by Gasteiger charge is 2.28. The summed E-state index contributed by atoms with van der Waals surface area (Å²) in [6.45, 7) is 5.36. The number of para-hydroxylation sites is 1. The number of thiazole rings is 1. The first kappa shape index (κ1) is 46.5. The third-order valence-corrected chi connectivity index (χ3v) is 14.6. The minimum Gasteiger partial charge on any atom is -0.392 e. The molecule has 3 aliphatic carbocycles. The van der Waals surface area contributed by atoms with Crippen LogP contribution in [0.25, 0.3) is 20.8 Å². The molecule has 7 N–H and O–H groups in total. The molecule has 0 radical (unpaired) electrons. The van der Waals surface area contributed by atoms with Crippen molar-refractivity contribution in [3.05, 3.63) is 69.5 Å². The molecule has 8 rings (SSSR count). The van der Waals surface area contributed by atoms with Crippen LogP contribution < -0.4 is 16.4 Å². The number of hydrogen-bond acceptors (Lipinski definition) is 14. The number of anilines is 2. The normalized spacial score (nSPS) is 22.5. The van der Waals surface area contributed by atoms with Gasteiger partial charge in [0.2, 0.25) is 0 Å². The van der Waals surface area contributed by atoms with Crippen LogP contribution in [0.1, 0.15) is 75.3 Å². The Morgan fingerprint density at radius 2 is 1.09 bits per heavy atom. The van der Waals surface area contributed by atoms with E-state index in [1.54, 1.807) is 25.2 Å². The average Bonchev–Trinajstić information content (AvgIpc) is 3.96. The number of nitrogens with one attached hydrogen (secondary N) is 2. The SMILES string of the molecule is Cc1nc(Cl)c(-c2nc3ccccc3s2)c(N[C@@H]2CCC[C@H]2O)n1.Cc1nc(Cl)c(I)c(Cl)n1.Cc1nc(Cl)c(I)c(N[C@@H]2CCC[C@H]2O)n1.N[C@@H]1CCC[C@H]1O. The zero-order valence-corrected chi connectivity index (χ0v) is 39.5. The molecule has 13 nitrogen and oxygen atoms in total. The summed E-state index contributed by atoms with van der Waals surface area (Å²) in [5, 5.41) is 37.8. The average molecular weight is 1100 g/mol. The van der Waals surface area contributed by atoms with Crippen molar-refractivity contribution < 1.29 is 15.3 Å². The van der Waals surface area contributed by atoms with Crippen molar-refractivity contribution in [1.29, 1.82) is 0 Å². The van der Waals surface area contributed by atoms with Crippen LogP contribution in [0, 0.1) is 27.9 Å². The molecule has 0 amide bonds. The second kappa shape index (κ2) is 21.8. The summed E-state index contributed by atoms with van der Waals surface area (Å²) in [6, 6.07) is 8.11. The zero-order valence-electron chi connectivity index (χ0n) is 31.4. The largest absolute Gasteiger partial charge is 0.392 e. The minimum absolute atomic E-state index is 0.0107. The molecule has 0 unspecified atom stereocenters. The second-order valence-corrected chi connectivity index (χ2v) is 18.4. The summed E-state index contributed by atoms with van der Waals surface area (Å²) in [5.74, 6) is 3.21. The van der Waals surface area contributed by atoms with Crippen molar-refractivity contribution in [2.45, 2.75) is 115 Å². The van der Waals surface area contributed by atoms with Gasteiger partial charge in [-0.15, -0.1) is 11.3 Å². The molecule has 0 bridgehead atoms. The molecule has 57 heavy (non-hydrogen) atoms. The van der Waals surface area contributed by atoms with Gasteiger partial charge in [-0.05, 0) is 136 Å². The lowest BCUT2D eigenvalue weighted by molar-refractivity contribution is 0.165. The molecule has 4 heterocycles. The van der Waals surface area contributed by atoms with Crippen molar-refractivity contribution >= 4 is 125 Å². The van der Waals surface area contributed by atoms with Crippen molar-refractivity contribution in [1.82, 2.24) is 34.9 Å². The van der Waals surface area contributed by atoms with E-state index >= 15 is 0 Å². The van der Waals surface area contributed by atoms with Gasteiger partial charge in [-0.3, -0.25) is 0 Å². The Hall–Kier alpha value is -1.59. The van der Waals surface area contributed by atoms with Crippen LogP contribution in [0.5, 0.6) is 0 Å². The fourth-order valence-corrected chi connectivity index (χ4v) is 9.15. The van der Waals surface area contributed by atoms with Gasteiger partial charge in [-0.25, -0.2) is 34.9 Å². The van der Waals surface area contributed by atoms with Gasteiger partial charge in [0.1, 0.15) is 54.7 Å². The predicted molar refractivity (Wildman–Crippen MR) is 247 cm³/mol. The maximum absolute atomic E-state index is 10.1. The van der Waals surface area contributed by atoms with E-state index in [1.807, 2.05) is 53.8 Å². The lowest BCUT2D eigenvalue weighted by Crippen LogP contribution is -2.29. The van der Waals surface area contributed by atoms with E-state index in [4.69, 9.17) is 57.2 Å². The van der Waals surface area contributed by atoms with E-state index in [0.29, 0.717) is 53.0 Å². The molecular weight excluding hydrogens is 1060 g/mol. The minimum atomic E-state index is -0.359. The maximum atomic E-state index is 10.1. The highest BCUT2D eigenvalue weighted by atomic mass is 127. The van der Waals surface area contributed by atoms with Gasteiger partial charge in [0.25, 0.3) is 0 Å². The molecule has 4 aromatic heterocycles. The number of aromatic nitrogens is 7.